The Kier molecular flexibility index (Phi) is 7.91. The average molecular weight is 260 g/mol. The molecule has 0 bridgehead atoms. The predicted molar refractivity (Wildman–Crippen MR) is 67.3 cm³/mol. The molecule has 0 spiro atoms. The Labute approximate surface area is 108 Å². The van der Waals surface area contributed by atoms with Crippen LogP contribution in [0.25, 0.3) is 0 Å². The van der Waals surface area contributed by atoms with Crippen molar-refractivity contribution in [1.82, 2.24) is 5.32 Å². The van der Waals surface area contributed by atoms with Crippen LogP contribution < -0.4 is 11.1 Å². The van der Waals surface area contributed by atoms with Gasteiger partial charge in [0.15, 0.2) is 0 Å². The number of ether oxygens (including phenoxy) is 3. The van der Waals surface area contributed by atoms with Gasteiger partial charge in [-0.3, -0.25) is 4.79 Å². The minimum Gasteiger partial charge on any atom is -0.382 e. The van der Waals surface area contributed by atoms with Gasteiger partial charge in [0.25, 0.3) is 0 Å². The van der Waals surface area contributed by atoms with E-state index in [1.54, 1.807) is 7.11 Å². The molecule has 106 valence electrons. The molecule has 0 aromatic carbocycles. The highest BCUT2D eigenvalue weighted by molar-refractivity contribution is 5.80. The molecular weight excluding hydrogens is 236 g/mol. The van der Waals surface area contributed by atoms with Crippen LogP contribution in [0.4, 0.5) is 0 Å². The van der Waals surface area contributed by atoms with Gasteiger partial charge in [0.2, 0.25) is 5.91 Å². The summed E-state index contributed by atoms with van der Waals surface area (Å²) in [5.41, 5.74) is 5.29. The molecule has 0 radical (unpaired) electrons. The monoisotopic (exact) mass is 260 g/mol. The molecule has 0 aliphatic heterocycles. The van der Waals surface area contributed by atoms with Crippen molar-refractivity contribution >= 4 is 5.91 Å². The molecule has 1 rings (SSSR count). The van der Waals surface area contributed by atoms with E-state index in [-0.39, 0.29) is 11.9 Å². The van der Waals surface area contributed by atoms with Gasteiger partial charge in [0.05, 0.1) is 19.8 Å². The van der Waals surface area contributed by atoms with Gasteiger partial charge >= 0.3 is 0 Å². The molecule has 1 atom stereocenters. The lowest BCUT2D eigenvalue weighted by atomic mass is 10.3. The molecule has 1 unspecified atom stereocenters. The van der Waals surface area contributed by atoms with Crippen LogP contribution in [-0.2, 0) is 19.0 Å². The summed E-state index contributed by atoms with van der Waals surface area (Å²) < 4.78 is 15.6. The van der Waals surface area contributed by atoms with E-state index < -0.39 is 0 Å². The molecule has 0 saturated heterocycles. The zero-order valence-corrected chi connectivity index (χ0v) is 11.0. The fourth-order valence-electron chi connectivity index (χ4n) is 1.46. The van der Waals surface area contributed by atoms with Gasteiger partial charge in [-0.1, -0.05) is 0 Å². The van der Waals surface area contributed by atoms with Crippen molar-refractivity contribution in [3.8, 4) is 0 Å². The zero-order chi connectivity index (χ0) is 13.2. The molecule has 0 heterocycles. The number of carbonyl (C=O) groups excluding carboxylic acids is 1. The molecule has 1 aliphatic rings. The van der Waals surface area contributed by atoms with Crippen molar-refractivity contribution < 1.29 is 19.0 Å². The Morgan fingerprint density at radius 1 is 1.28 bits per heavy atom. The van der Waals surface area contributed by atoms with E-state index in [0.29, 0.717) is 39.1 Å². The highest BCUT2D eigenvalue weighted by atomic mass is 16.5. The zero-order valence-electron chi connectivity index (χ0n) is 11.0. The van der Waals surface area contributed by atoms with Crippen molar-refractivity contribution in [2.75, 3.05) is 40.1 Å². The summed E-state index contributed by atoms with van der Waals surface area (Å²) in [4.78, 5) is 11.1. The number of rotatable bonds is 12. The van der Waals surface area contributed by atoms with E-state index in [2.05, 4.69) is 5.32 Å². The molecule has 0 aromatic heterocycles. The molecule has 1 amide bonds. The van der Waals surface area contributed by atoms with Gasteiger partial charge in [-0.25, -0.2) is 0 Å². The molecule has 6 nitrogen and oxygen atoms in total. The Bertz CT molecular complexity index is 234. The number of hydrogen-bond donors (Lipinski definition) is 2. The van der Waals surface area contributed by atoms with E-state index in [4.69, 9.17) is 19.9 Å². The van der Waals surface area contributed by atoms with E-state index in [0.717, 1.165) is 19.3 Å². The SMILES string of the molecule is COCCOCCCOCC(NC1CC1)C(N)=O. The van der Waals surface area contributed by atoms with Gasteiger partial charge in [0, 0.05) is 26.4 Å². The largest absolute Gasteiger partial charge is 0.382 e. The number of methoxy groups -OCH3 is 1. The lowest BCUT2D eigenvalue weighted by Gasteiger charge is -2.15. The summed E-state index contributed by atoms with van der Waals surface area (Å²) in [5.74, 6) is -0.349. The smallest absolute Gasteiger partial charge is 0.236 e. The summed E-state index contributed by atoms with van der Waals surface area (Å²) >= 11 is 0. The first-order valence-corrected chi connectivity index (χ1v) is 6.44. The third-order valence-electron chi connectivity index (χ3n) is 2.65. The van der Waals surface area contributed by atoms with E-state index in [9.17, 15) is 4.79 Å². The van der Waals surface area contributed by atoms with Crippen LogP contribution in [0.2, 0.25) is 0 Å². The third kappa shape index (κ3) is 7.60. The summed E-state index contributed by atoms with van der Waals surface area (Å²) in [6.45, 7) is 2.76. The van der Waals surface area contributed by atoms with Crippen molar-refractivity contribution in [1.29, 1.82) is 0 Å². The maximum atomic E-state index is 11.1. The lowest BCUT2D eigenvalue weighted by Crippen LogP contribution is -2.45. The number of primary amides is 1. The maximum Gasteiger partial charge on any atom is 0.236 e. The van der Waals surface area contributed by atoms with Crippen molar-refractivity contribution in [3.63, 3.8) is 0 Å². The van der Waals surface area contributed by atoms with Crippen LogP contribution in [-0.4, -0.2) is 58.1 Å². The fraction of sp³-hybridized carbons (Fsp3) is 0.917. The molecule has 6 heteroatoms. The van der Waals surface area contributed by atoms with Crippen LogP contribution in [0, 0.1) is 0 Å². The van der Waals surface area contributed by atoms with Crippen LogP contribution in [0.15, 0.2) is 0 Å². The highest BCUT2D eigenvalue weighted by Crippen LogP contribution is 2.19. The Hall–Kier alpha value is -0.690. The Morgan fingerprint density at radius 2 is 2.00 bits per heavy atom. The molecular formula is C12H24N2O4. The van der Waals surface area contributed by atoms with E-state index in [1.807, 2.05) is 0 Å². The minimum atomic E-state index is -0.369. The second kappa shape index (κ2) is 9.27. The Balaban J connectivity index is 1.92. The molecule has 0 aromatic rings. The lowest BCUT2D eigenvalue weighted by molar-refractivity contribution is -0.121. The molecule has 18 heavy (non-hydrogen) atoms. The van der Waals surface area contributed by atoms with Gasteiger partial charge in [-0.15, -0.1) is 0 Å². The first-order valence-electron chi connectivity index (χ1n) is 6.44. The molecule has 1 aliphatic carbocycles. The topological polar surface area (TPSA) is 82.8 Å². The molecule has 1 fully saturated rings. The van der Waals surface area contributed by atoms with E-state index >= 15 is 0 Å². The summed E-state index contributed by atoms with van der Waals surface area (Å²) in [6, 6.07) is 0.0791. The van der Waals surface area contributed by atoms with Gasteiger partial charge in [0.1, 0.15) is 6.04 Å². The standard InChI is InChI=1S/C12H24N2O4/c1-16-7-8-17-5-2-6-18-9-11(12(13)15)14-10-3-4-10/h10-11,14H,2-9H2,1H3,(H2,13,15). The quantitative estimate of drug-likeness (QED) is 0.469. The number of nitrogens with one attached hydrogen (secondary N) is 1. The van der Waals surface area contributed by atoms with Gasteiger partial charge in [-0.2, -0.15) is 0 Å². The van der Waals surface area contributed by atoms with Gasteiger partial charge < -0.3 is 25.3 Å². The van der Waals surface area contributed by atoms with Crippen LogP contribution >= 0.6 is 0 Å². The second-order valence-corrected chi connectivity index (χ2v) is 4.43. The second-order valence-electron chi connectivity index (χ2n) is 4.43. The van der Waals surface area contributed by atoms with Crippen molar-refractivity contribution in [2.45, 2.75) is 31.3 Å². The van der Waals surface area contributed by atoms with Crippen molar-refractivity contribution in [2.24, 2.45) is 5.73 Å². The van der Waals surface area contributed by atoms with E-state index in [1.165, 1.54) is 0 Å². The number of hydrogen-bond acceptors (Lipinski definition) is 5. The Morgan fingerprint density at radius 3 is 2.61 bits per heavy atom. The summed E-state index contributed by atoms with van der Waals surface area (Å²) in [5, 5.41) is 3.16. The number of amides is 1. The minimum absolute atomic E-state index is 0.337. The van der Waals surface area contributed by atoms with Gasteiger partial charge in [-0.05, 0) is 19.3 Å². The maximum absolute atomic E-state index is 11.1. The number of nitrogens with two attached hydrogens (primary N) is 1. The first-order chi connectivity index (χ1) is 8.74. The van der Waals surface area contributed by atoms with Crippen LogP contribution in [0.5, 0.6) is 0 Å². The third-order valence-corrected chi connectivity index (χ3v) is 2.65. The predicted octanol–water partition coefficient (Wildman–Crippen LogP) is -0.338. The highest BCUT2D eigenvalue weighted by Gasteiger charge is 2.27. The normalized spacial score (nSPS) is 16.7. The molecule has 1 saturated carbocycles. The summed E-state index contributed by atoms with van der Waals surface area (Å²) in [6.07, 6.45) is 3.05. The average Bonchev–Trinajstić information content (AvgIpc) is 3.14. The van der Waals surface area contributed by atoms with Crippen molar-refractivity contribution in [3.05, 3.63) is 0 Å². The van der Waals surface area contributed by atoms with Crippen LogP contribution in [0.3, 0.4) is 0 Å². The van der Waals surface area contributed by atoms with Crippen LogP contribution in [0.1, 0.15) is 19.3 Å². The summed E-state index contributed by atoms with van der Waals surface area (Å²) in [7, 11) is 1.64. The number of carbonyl (C=O) groups is 1. The first kappa shape index (κ1) is 15.4. The fourth-order valence-corrected chi connectivity index (χ4v) is 1.46. The molecule has 3 N–H and O–H groups in total.